The first-order valence-corrected chi connectivity index (χ1v) is 9.71. The summed E-state index contributed by atoms with van der Waals surface area (Å²) in [6.45, 7) is 2.91. The van der Waals surface area contributed by atoms with Crippen LogP contribution in [0.2, 0.25) is 5.02 Å². The first-order chi connectivity index (χ1) is 14.5. The minimum atomic E-state index is -0.460. The lowest BCUT2D eigenvalue weighted by Gasteiger charge is -2.40. The van der Waals surface area contributed by atoms with E-state index in [-0.39, 0.29) is 16.8 Å². The summed E-state index contributed by atoms with van der Waals surface area (Å²) in [7, 11) is 0. The second-order valence-electron chi connectivity index (χ2n) is 6.72. The molecule has 0 spiro atoms. The highest BCUT2D eigenvalue weighted by Gasteiger charge is 2.33. The number of anilines is 2. The standard InChI is InChI=1S/C20H18ClFN6O2/c1-2-14-8-15(9-25-27-14)26-20(29)18-19(24-4-3-23-18)28-10-17(11-28)30-16-6-12(21)5-13(22)7-16/h3-9,17H,2,10-11H2,1H3,(H,26,27,29). The summed E-state index contributed by atoms with van der Waals surface area (Å²) in [5.41, 5.74) is 1.50. The number of amides is 1. The van der Waals surface area contributed by atoms with Gasteiger partial charge in [0.25, 0.3) is 5.91 Å². The van der Waals surface area contributed by atoms with Crippen LogP contribution < -0.4 is 15.0 Å². The normalized spacial score (nSPS) is 13.6. The molecule has 1 amide bonds. The molecule has 0 atom stereocenters. The maximum Gasteiger partial charge on any atom is 0.278 e. The van der Waals surface area contributed by atoms with Gasteiger partial charge in [0.1, 0.15) is 17.7 Å². The Hall–Kier alpha value is -3.33. The molecular formula is C20H18ClFN6O2. The fourth-order valence-corrected chi connectivity index (χ4v) is 3.25. The van der Waals surface area contributed by atoms with Crippen LogP contribution in [0, 0.1) is 5.82 Å². The number of carbonyl (C=O) groups is 1. The highest BCUT2D eigenvalue weighted by Crippen LogP contribution is 2.27. The number of nitrogens with zero attached hydrogens (tertiary/aromatic N) is 5. The van der Waals surface area contributed by atoms with Crippen molar-refractivity contribution in [1.29, 1.82) is 0 Å². The molecule has 1 saturated heterocycles. The van der Waals surface area contributed by atoms with Crippen molar-refractivity contribution in [3.05, 3.63) is 65.1 Å². The van der Waals surface area contributed by atoms with Gasteiger partial charge in [-0.3, -0.25) is 4.79 Å². The molecule has 3 aromatic rings. The lowest BCUT2D eigenvalue weighted by Crippen LogP contribution is -2.54. The molecule has 2 aromatic heterocycles. The number of hydrogen-bond acceptors (Lipinski definition) is 7. The van der Waals surface area contributed by atoms with Gasteiger partial charge in [0.15, 0.2) is 11.5 Å². The molecule has 4 rings (SSSR count). The summed E-state index contributed by atoms with van der Waals surface area (Å²) >= 11 is 5.86. The van der Waals surface area contributed by atoms with Gasteiger partial charge in [-0.05, 0) is 24.6 Å². The molecule has 3 heterocycles. The van der Waals surface area contributed by atoms with Crippen molar-refractivity contribution in [2.45, 2.75) is 19.4 Å². The van der Waals surface area contributed by atoms with E-state index in [9.17, 15) is 9.18 Å². The molecule has 0 saturated carbocycles. The van der Waals surface area contributed by atoms with Crippen molar-refractivity contribution >= 4 is 29.0 Å². The van der Waals surface area contributed by atoms with E-state index in [1.54, 1.807) is 12.1 Å². The molecule has 0 radical (unpaired) electrons. The number of nitrogens with one attached hydrogen (secondary N) is 1. The number of rotatable bonds is 6. The molecule has 154 valence electrons. The van der Waals surface area contributed by atoms with Crippen LogP contribution in [0.5, 0.6) is 5.75 Å². The monoisotopic (exact) mass is 428 g/mol. The van der Waals surface area contributed by atoms with Crippen LogP contribution in [0.25, 0.3) is 0 Å². The third-order valence-electron chi connectivity index (χ3n) is 4.51. The van der Waals surface area contributed by atoms with E-state index in [0.29, 0.717) is 36.8 Å². The second-order valence-corrected chi connectivity index (χ2v) is 7.16. The summed E-state index contributed by atoms with van der Waals surface area (Å²) in [6, 6.07) is 5.82. The number of aromatic nitrogens is 4. The molecule has 0 bridgehead atoms. The average Bonchev–Trinajstić information content (AvgIpc) is 2.70. The maximum absolute atomic E-state index is 13.5. The first-order valence-electron chi connectivity index (χ1n) is 9.33. The molecule has 30 heavy (non-hydrogen) atoms. The van der Waals surface area contributed by atoms with Crippen molar-refractivity contribution in [3.63, 3.8) is 0 Å². The second kappa shape index (κ2) is 8.58. The topological polar surface area (TPSA) is 93.1 Å². The van der Waals surface area contributed by atoms with Crippen molar-refractivity contribution in [3.8, 4) is 5.75 Å². The summed E-state index contributed by atoms with van der Waals surface area (Å²) in [4.78, 5) is 23.1. The number of ether oxygens (including phenoxy) is 1. The van der Waals surface area contributed by atoms with Crippen LogP contribution in [0.1, 0.15) is 23.1 Å². The quantitative estimate of drug-likeness (QED) is 0.644. The Morgan fingerprint density at radius 3 is 2.83 bits per heavy atom. The van der Waals surface area contributed by atoms with Crippen LogP contribution in [-0.2, 0) is 6.42 Å². The van der Waals surface area contributed by atoms with Crippen LogP contribution in [0.3, 0.4) is 0 Å². The Labute approximate surface area is 177 Å². The van der Waals surface area contributed by atoms with Gasteiger partial charge >= 0.3 is 0 Å². The minimum Gasteiger partial charge on any atom is -0.487 e. The minimum absolute atomic E-state index is 0.183. The molecule has 1 N–H and O–H groups in total. The molecule has 0 unspecified atom stereocenters. The molecule has 1 aliphatic rings. The molecule has 10 heteroatoms. The van der Waals surface area contributed by atoms with Gasteiger partial charge in [-0.15, -0.1) is 0 Å². The van der Waals surface area contributed by atoms with E-state index < -0.39 is 11.7 Å². The molecule has 0 aliphatic carbocycles. The molecular weight excluding hydrogens is 411 g/mol. The van der Waals surface area contributed by atoms with Crippen molar-refractivity contribution in [2.24, 2.45) is 0 Å². The van der Waals surface area contributed by atoms with E-state index in [4.69, 9.17) is 16.3 Å². The van der Waals surface area contributed by atoms with Crippen LogP contribution >= 0.6 is 11.6 Å². The number of halogens is 2. The van der Waals surface area contributed by atoms with Gasteiger partial charge in [-0.2, -0.15) is 10.2 Å². The largest absolute Gasteiger partial charge is 0.487 e. The summed E-state index contributed by atoms with van der Waals surface area (Å²) in [5.74, 6) is -0.0450. The zero-order chi connectivity index (χ0) is 21.1. The fraction of sp³-hybridized carbons (Fsp3) is 0.250. The van der Waals surface area contributed by atoms with E-state index >= 15 is 0 Å². The fourth-order valence-electron chi connectivity index (χ4n) is 3.04. The van der Waals surface area contributed by atoms with Crippen molar-refractivity contribution in [1.82, 2.24) is 20.2 Å². The van der Waals surface area contributed by atoms with Gasteiger partial charge in [0.2, 0.25) is 0 Å². The van der Waals surface area contributed by atoms with Gasteiger partial charge in [-0.25, -0.2) is 14.4 Å². The number of benzene rings is 1. The lowest BCUT2D eigenvalue weighted by molar-refractivity contribution is 0.102. The third kappa shape index (κ3) is 4.46. The smallest absolute Gasteiger partial charge is 0.278 e. The zero-order valence-electron chi connectivity index (χ0n) is 16.0. The lowest BCUT2D eigenvalue weighted by atomic mass is 10.1. The summed E-state index contributed by atoms with van der Waals surface area (Å²) in [6.07, 6.45) is 4.99. The number of carbonyl (C=O) groups excluding carboxylic acids is 1. The zero-order valence-corrected chi connectivity index (χ0v) is 16.8. The molecule has 1 aliphatic heterocycles. The Balaban J connectivity index is 1.43. The molecule has 8 nitrogen and oxygen atoms in total. The van der Waals surface area contributed by atoms with E-state index in [1.807, 2.05) is 11.8 Å². The summed E-state index contributed by atoms with van der Waals surface area (Å²) in [5, 5.41) is 10.9. The number of aryl methyl sites for hydroxylation is 1. The van der Waals surface area contributed by atoms with Crippen LogP contribution in [0.15, 0.2) is 42.9 Å². The Kier molecular flexibility index (Phi) is 5.71. The predicted molar refractivity (Wildman–Crippen MR) is 109 cm³/mol. The summed E-state index contributed by atoms with van der Waals surface area (Å²) < 4.78 is 19.2. The first kappa shape index (κ1) is 20.0. The van der Waals surface area contributed by atoms with Gasteiger partial charge in [0, 0.05) is 23.5 Å². The molecule has 1 aromatic carbocycles. The van der Waals surface area contributed by atoms with Crippen LogP contribution in [-0.4, -0.2) is 45.3 Å². The van der Waals surface area contributed by atoms with Gasteiger partial charge in [-0.1, -0.05) is 18.5 Å². The Morgan fingerprint density at radius 2 is 2.07 bits per heavy atom. The molecule has 1 fully saturated rings. The highest BCUT2D eigenvalue weighted by atomic mass is 35.5. The average molecular weight is 429 g/mol. The Bertz CT molecular complexity index is 1060. The maximum atomic E-state index is 13.5. The highest BCUT2D eigenvalue weighted by molar-refractivity contribution is 6.30. The van der Waals surface area contributed by atoms with E-state index in [0.717, 1.165) is 5.69 Å². The SMILES string of the molecule is CCc1cc(NC(=O)c2nccnc2N2CC(Oc3cc(F)cc(Cl)c3)C2)cnn1. The van der Waals surface area contributed by atoms with E-state index in [2.05, 4.69) is 25.5 Å². The van der Waals surface area contributed by atoms with Crippen molar-refractivity contribution < 1.29 is 13.9 Å². The van der Waals surface area contributed by atoms with Gasteiger partial charge < -0.3 is 15.0 Å². The predicted octanol–water partition coefficient (Wildman–Crippen LogP) is 3.14. The van der Waals surface area contributed by atoms with Crippen molar-refractivity contribution in [2.75, 3.05) is 23.3 Å². The van der Waals surface area contributed by atoms with E-state index in [1.165, 1.54) is 30.7 Å². The number of hydrogen-bond donors (Lipinski definition) is 1. The van der Waals surface area contributed by atoms with Crippen LogP contribution in [0.4, 0.5) is 15.9 Å². The van der Waals surface area contributed by atoms with Gasteiger partial charge in [0.05, 0.1) is 30.7 Å². The Morgan fingerprint density at radius 1 is 1.27 bits per heavy atom. The third-order valence-corrected chi connectivity index (χ3v) is 4.72.